The summed E-state index contributed by atoms with van der Waals surface area (Å²) in [5.41, 5.74) is 2.40. The summed E-state index contributed by atoms with van der Waals surface area (Å²) in [5, 5.41) is 32.4. The van der Waals surface area contributed by atoms with Crippen LogP contribution in [0.5, 0.6) is 0 Å². The topological polar surface area (TPSA) is 98.7 Å². The minimum Gasteiger partial charge on any atom is -0.378 e. The van der Waals surface area contributed by atoms with Crippen molar-refractivity contribution in [2.45, 2.75) is 111 Å². The van der Waals surface area contributed by atoms with Crippen molar-refractivity contribution >= 4 is 11.8 Å². The third-order valence-corrected chi connectivity index (χ3v) is 11.3. The fourth-order valence-corrected chi connectivity index (χ4v) is 8.06. The highest BCUT2D eigenvalue weighted by Gasteiger charge is 2.52. The second kappa shape index (κ2) is 15.8. The molecule has 0 heterocycles. The molecule has 0 spiro atoms. The molecule has 5 rings (SSSR count). The van der Waals surface area contributed by atoms with E-state index in [0.29, 0.717) is 35.1 Å². The summed E-state index contributed by atoms with van der Waals surface area (Å²) in [6.07, 6.45) is 3.12. The molecule has 4 N–H and O–H groups in total. The summed E-state index contributed by atoms with van der Waals surface area (Å²) in [6, 6.07) is 29.6. The summed E-state index contributed by atoms with van der Waals surface area (Å²) in [7, 11) is 0. The first kappa shape index (κ1) is 39.0. The highest BCUT2D eigenvalue weighted by atomic mass is 16.3. The van der Waals surface area contributed by atoms with Crippen LogP contribution in [0.15, 0.2) is 97.1 Å². The standard InChI is InChI=1S/C46H58N2O4/c1-30(2)40(45(51,36-20-12-32(5)13-21-36)37-22-14-33(6)15-23-37)47-42(49)44(28-10-9-11-29-44)43(50)48-41(31(3)4)46(52,38-24-16-34(7)17-25-38)39-26-18-35(8)19-27-39/h12-27,30-31,40-41,51-52H,9-11,28-29H2,1-8H3,(H,47,49)(H,48,50)/t40-,41-/m1/s1. The van der Waals surface area contributed by atoms with Gasteiger partial charge in [0.25, 0.3) is 0 Å². The number of hydrogen-bond donors (Lipinski definition) is 4. The van der Waals surface area contributed by atoms with Gasteiger partial charge in [-0.3, -0.25) is 9.59 Å². The monoisotopic (exact) mass is 702 g/mol. The van der Waals surface area contributed by atoms with Crippen LogP contribution in [0, 0.1) is 44.9 Å². The van der Waals surface area contributed by atoms with E-state index in [1.54, 1.807) is 0 Å². The smallest absolute Gasteiger partial charge is 0.236 e. The van der Waals surface area contributed by atoms with Gasteiger partial charge in [0.1, 0.15) is 16.6 Å². The molecule has 2 amide bonds. The van der Waals surface area contributed by atoms with Crippen LogP contribution in [0.4, 0.5) is 0 Å². The van der Waals surface area contributed by atoms with E-state index in [0.717, 1.165) is 41.5 Å². The van der Waals surface area contributed by atoms with Crippen LogP contribution in [-0.2, 0) is 20.8 Å². The predicted molar refractivity (Wildman–Crippen MR) is 210 cm³/mol. The van der Waals surface area contributed by atoms with Crippen LogP contribution in [0.25, 0.3) is 0 Å². The predicted octanol–water partition coefficient (Wildman–Crippen LogP) is 8.32. The molecule has 52 heavy (non-hydrogen) atoms. The third-order valence-electron chi connectivity index (χ3n) is 11.3. The van der Waals surface area contributed by atoms with Crippen molar-refractivity contribution in [3.63, 3.8) is 0 Å². The van der Waals surface area contributed by atoms with E-state index in [9.17, 15) is 19.8 Å². The average Bonchev–Trinajstić information content (AvgIpc) is 3.13. The van der Waals surface area contributed by atoms with Gasteiger partial charge in [-0.15, -0.1) is 0 Å². The molecule has 276 valence electrons. The zero-order valence-corrected chi connectivity index (χ0v) is 32.3. The number of carbonyl (C=O) groups excluding carboxylic acids is 2. The fourth-order valence-electron chi connectivity index (χ4n) is 8.06. The molecule has 0 unspecified atom stereocenters. The Morgan fingerprint density at radius 3 is 0.981 bits per heavy atom. The molecule has 0 saturated heterocycles. The van der Waals surface area contributed by atoms with Gasteiger partial charge in [0, 0.05) is 0 Å². The zero-order chi connectivity index (χ0) is 37.8. The molecule has 1 aliphatic carbocycles. The van der Waals surface area contributed by atoms with Crippen LogP contribution < -0.4 is 10.6 Å². The average molecular weight is 703 g/mol. The van der Waals surface area contributed by atoms with Crippen LogP contribution in [0.3, 0.4) is 0 Å². The number of aliphatic hydroxyl groups is 2. The number of hydrogen-bond acceptors (Lipinski definition) is 4. The summed E-state index contributed by atoms with van der Waals surface area (Å²) >= 11 is 0. The van der Waals surface area contributed by atoms with Crippen LogP contribution in [0.2, 0.25) is 0 Å². The van der Waals surface area contributed by atoms with E-state index in [-0.39, 0.29) is 11.8 Å². The van der Waals surface area contributed by atoms with Gasteiger partial charge in [-0.05, 0) is 74.6 Å². The van der Waals surface area contributed by atoms with Crippen molar-refractivity contribution in [3.05, 3.63) is 142 Å². The molecule has 1 aliphatic rings. The molecular weight excluding hydrogens is 645 g/mol. The lowest BCUT2D eigenvalue weighted by atomic mass is 9.70. The highest BCUT2D eigenvalue weighted by Crippen LogP contribution is 2.42. The molecule has 1 fully saturated rings. The lowest BCUT2D eigenvalue weighted by molar-refractivity contribution is -0.150. The number of nitrogens with one attached hydrogen (secondary N) is 2. The maximum atomic E-state index is 15.0. The maximum Gasteiger partial charge on any atom is 0.236 e. The first-order valence-electron chi connectivity index (χ1n) is 19.0. The van der Waals surface area contributed by atoms with Crippen molar-refractivity contribution in [2.75, 3.05) is 0 Å². The molecule has 0 radical (unpaired) electrons. The SMILES string of the molecule is Cc1ccc(C(O)(c2ccc(C)cc2)[C@H](NC(=O)C2(C(=O)N[C@H](C(C)C)C(O)(c3ccc(C)cc3)c3ccc(C)cc3)CCCCC2)C(C)C)cc1. The zero-order valence-electron chi connectivity index (χ0n) is 32.3. The van der Waals surface area contributed by atoms with Gasteiger partial charge in [-0.2, -0.15) is 0 Å². The molecular formula is C46H58N2O4. The Morgan fingerprint density at radius 1 is 0.500 bits per heavy atom. The minimum absolute atomic E-state index is 0.197. The van der Waals surface area contributed by atoms with Crippen molar-refractivity contribution < 1.29 is 19.8 Å². The molecule has 2 atom stereocenters. The Kier molecular flexibility index (Phi) is 11.8. The Labute approximate surface area is 311 Å². The van der Waals surface area contributed by atoms with Crippen LogP contribution in [-0.4, -0.2) is 34.1 Å². The van der Waals surface area contributed by atoms with Crippen molar-refractivity contribution in [1.29, 1.82) is 0 Å². The number of carbonyl (C=O) groups is 2. The normalized spacial score (nSPS) is 16.0. The number of benzene rings is 4. The molecule has 4 aromatic rings. The Bertz CT molecular complexity index is 1580. The van der Waals surface area contributed by atoms with Gasteiger partial charge in [-0.1, -0.05) is 166 Å². The van der Waals surface area contributed by atoms with E-state index >= 15 is 0 Å². The first-order chi connectivity index (χ1) is 24.6. The van der Waals surface area contributed by atoms with Crippen molar-refractivity contribution in [2.24, 2.45) is 17.3 Å². The van der Waals surface area contributed by atoms with Gasteiger partial charge in [0.05, 0.1) is 12.1 Å². The Hall–Kier alpha value is -4.26. The fraction of sp³-hybridized carbons (Fsp3) is 0.435. The summed E-state index contributed by atoms with van der Waals surface area (Å²) in [4.78, 5) is 29.9. The molecule has 0 bridgehead atoms. The second-order valence-corrected chi connectivity index (χ2v) is 16.0. The van der Waals surface area contributed by atoms with Crippen molar-refractivity contribution in [3.8, 4) is 0 Å². The van der Waals surface area contributed by atoms with Gasteiger partial charge in [-0.25, -0.2) is 0 Å². The Balaban J connectivity index is 1.57. The van der Waals surface area contributed by atoms with Crippen LogP contribution >= 0.6 is 0 Å². The number of amides is 2. The van der Waals surface area contributed by atoms with Gasteiger partial charge >= 0.3 is 0 Å². The largest absolute Gasteiger partial charge is 0.378 e. The van der Waals surface area contributed by atoms with Gasteiger partial charge < -0.3 is 20.8 Å². The van der Waals surface area contributed by atoms with E-state index in [1.807, 2.05) is 152 Å². The molecule has 6 heteroatoms. The van der Waals surface area contributed by atoms with E-state index < -0.39 is 40.5 Å². The maximum absolute atomic E-state index is 15.0. The molecule has 6 nitrogen and oxygen atoms in total. The van der Waals surface area contributed by atoms with E-state index in [4.69, 9.17) is 0 Å². The minimum atomic E-state index is -1.57. The third kappa shape index (κ3) is 7.60. The first-order valence-corrected chi connectivity index (χ1v) is 19.0. The van der Waals surface area contributed by atoms with Gasteiger partial charge in [0.2, 0.25) is 11.8 Å². The quantitative estimate of drug-likeness (QED) is 0.112. The summed E-state index contributed by atoms with van der Waals surface area (Å²) < 4.78 is 0. The Morgan fingerprint density at radius 2 is 0.750 bits per heavy atom. The van der Waals surface area contributed by atoms with Crippen molar-refractivity contribution in [1.82, 2.24) is 10.6 Å². The van der Waals surface area contributed by atoms with E-state index in [1.165, 1.54) is 0 Å². The molecule has 1 saturated carbocycles. The second-order valence-electron chi connectivity index (χ2n) is 16.0. The lowest BCUT2D eigenvalue weighted by Crippen LogP contribution is -2.63. The summed E-state index contributed by atoms with van der Waals surface area (Å²) in [5.74, 6) is -1.18. The number of rotatable bonds is 12. The summed E-state index contributed by atoms with van der Waals surface area (Å²) in [6.45, 7) is 16.0. The molecule has 4 aromatic carbocycles. The highest BCUT2D eigenvalue weighted by molar-refractivity contribution is 6.05. The molecule has 0 aliphatic heterocycles. The molecule has 0 aromatic heterocycles. The van der Waals surface area contributed by atoms with E-state index in [2.05, 4.69) is 10.6 Å². The lowest BCUT2D eigenvalue weighted by Gasteiger charge is -2.45. The van der Waals surface area contributed by atoms with Crippen LogP contribution in [0.1, 0.15) is 104 Å². The number of aryl methyl sites for hydroxylation is 4. The van der Waals surface area contributed by atoms with Gasteiger partial charge in [0.15, 0.2) is 0 Å².